The Labute approximate surface area is 195 Å². The van der Waals surface area contributed by atoms with Crippen molar-refractivity contribution in [2.75, 3.05) is 4.90 Å². The molecule has 162 valence electrons. The van der Waals surface area contributed by atoms with Crippen LogP contribution in [0.25, 0.3) is 0 Å². The molecule has 0 saturated heterocycles. The number of nitrogens with zero attached hydrogens (tertiary/aromatic N) is 1. The Bertz CT molecular complexity index is 1050. The van der Waals surface area contributed by atoms with E-state index in [0.717, 1.165) is 30.2 Å². The van der Waals surface area contributed by atoms with E-state index in [1.165, 1.54) is 0 Å². The van der Waals surface area contributed by atoms with Gasteiger partial charge in [-0.05, 0) is 66.1 Å². The summed E-state index contributed by atoms with van der Waals surface area (Å²) < 4.78 is 27.3. The monoisotopic (exact) mass is 481 g/mol. The lowest BCUT2D eigenvalue weighted by Gasteiger charge is -2.33. The lowest BCUT2D eigenvalue weighted by Crippen LogP contribution is -2.36. The molecule has 0 aliphatic heterocycles. The van der Waals surface area contributed by atoms with Crippen LogP contribution in [0.5, 0.6) is 0 Å². The molecule has 1 unspecified atom stereocenters. The van der Waals surface area contributed by atoms with E-state index in [4.69, 9.17) is 34.8 Å². The first-order chi connectivity index (χ1) is 14.8. The number of benzene rings is 3. The number of amides is 1. The van der Waals surface area contributed by atoms with Gasteiger partial charge in [0.2, 0.25) is 5.91 Å². The van der Waals surface area contributed by atoms with Crippen molar-refractivity contribution in [2.24, 2.45) is 0 Å². The maximum absolute atomic E-state index is 13.7. The van der Waals surface area contributed by atoms with Gasteiger partial charge in [-0.15, -0.1) is 0 Å². The lowest BCUT2D eigenvalue weighted by molar-refractivity contribution is -0.118. The van der Waals surface area contributed by atoms with Crippen LogP contribution in [0.4, 0.5) is 14.5 Å². The summed E-state index contributed by atoms with van der Waals surface area (Å²) in [7, 11) is 0. The fourth-order valence-corrected chi connectivity index (χ4v) is 4.20. The smallest absolute Gasteiger partial charge is 0.231 e. The van der Waals surface area contributed by atoms with Gasteiger partial charge < -0.3 is 4.90 Å². The molecule has 1 atom stereocenters. The Morgan fingerprint density at radius 3 is 2.10 bits per heavy atom. The molecule has 0 bridgehead atoms. The molecule has 0 aliphatic rings. The Morgan fingerprint density at radius 1 is 0.903 bits per heavy atom. The second-order valence-corrected chi connectivity index (χ2v) is 8.45. The number of halogens is 5. The van der Waals surface area contributed by atoms with Crippen molar-refractivity contribution in [2.45, 2.75) is 32.2 Å². The fourth-order valence-electron chi connectivity index (χ4n) is 3.54. The standard InChI is InChI=1S/C24H20Cl3F2NO/c1-2-3-23(21-9-6-17(26)13-22(21)27)30(20-7-4-16(25)5-8-20)24(31)12-15-10-18(28)14-19(29)11-15/h4-11,13-14,23H,2-3,12H2,1H3. The van der Waals surface area contributed by atoms with Crippen LogP contribution >= 0.6 is 34.8 Å². The molecule has 7 heteroatoms. The Kier molecular flexibility index (Phi) is 7.93. The zero-order chi connectivity index (χ0) is 22.5. The molecule has 3 aromatic carbocycles. The lowest BCUT2D eigenvalue weighted by atomic mass is 9.98. The number of hydrogen-bond acceptors (Lipinski definition) is 1. The summed E-state index contributed by atoms with van der Waals surface area (Å²) in [5, 5.41) is 1.46. The minimum Gasteiger partial charge on any atom is -0.305 e. The second-order valence-electron chi connectivity index (χ2n) is 7.16. The van der Waals surface area contributed by atoms with Crippen molar-refractivity contribution in [3.8, 4) is 0 Å². The predicted octanol–water partition coefficient (Wildman–Crippen LogP) is 8.04. The van der Waals surface area contributed by atoms with Gasteiger partial charge >= 0.3 is 0 Å². The number of hydrogen-bond donors (Lipinski definition) is 0. The van der Waals surface area contributed by atoms with Gasteiger partial charge in [-0.2, -0.15) is 0 Å². The van der Waals surface area contributed by atoms with Gasteiger partial charge in [0.25, 0.3) is 0 Å². The Balaban J connectivity index is 2.07. The summed E-state index contributed by atoms with van der Waals surface area (Å²) >= 11 is 18.6. The van der Waals surface area contributed by atoms with Crippen molar-refractivity contribution in [3.63, 3.8) is 0 Å². The molecule has 0 heterocycles. The molecule has 0 spiro atoms. The molecule has 2 nitrogen and oxygen atoms in total. The van der Waals surface area contributed by atoms with Gasteiger partial charge in [-0.3, -0.25) is 4.79 Å². The van der Waals surface area contributed by atoms with Crippen LogP contribution in [0.2, 0.25) is 15.1 Å². The van der Waals surface area contributed by atoms with Crippen molar-refractivity contribution in [3.05, 3.63) is 98.5 Å². The first-order valence-electron chi connectivity index (χ1n) is 9.76. The molecule has 31 heavy (non-hydrogen) atoms. The molecule has 0 aliphatic carbocycles. The molecule has 0 saturated carbocycles. The van der Waals surface area contributed by atoms with E-state index in [9.17, 15) is 13.6 Å². The van der Waals surface area contributed by atoms with Crippen LogP contribution < -0.4 is 4.90 Å². The maximum atomic E-state index is 13.7. The SMILES string of the molecule is CCCC(c1ccc(Cl)cc1Cl)N(C(=O)Cc1cc(F)cc(F)c1)c1ccc(Cl)cc1. The molecule has 3 rings (SSSR count). The van der Waals surface area contributed by atoms with Gasteiger partial charge in [0.05, 0.1) is 12.5 Å². The van der Waals surface area contributed by atoms with Crippen LogP contribution in [0, 0.1) is 11.6 Å². The van der Waals surface area contributed by atoms with E-state index in [-0.39, 0.29) is 17.9 Å². The van der Waals surface area contributed by atoms with Gasteiger partial charge in [-0.25, -0.2) is 8.78 Å². The maximum Gasteiger partial charge on any atom is 0.231 e. The normalized spacial score (nSPS) is 11.9. The highest BCUT2D eigenvalue weighted by atomic mass is 35.5. The number of carbonyl (C=O) groups is 1. The Hall–Kier alpha value is -2.14. The summed E-state index contributed by atoms with van der Waals surface area (Å²) in [5.41, 5.74) is 1.59. The number of anilines is 1. The molecular formula is C24H20Cl3F2NO. The summed E-state index contributed by atoms with van der Waals surface area (Å²) in [6, 6.07) is 14.7. The summed E-state index contributed by atoms with van der Waals surface area (Å²) in [5.74, 6) is -1.78. The molecular weight excluding hydrogens is 463 g/mol. The van der Waals surface area contributed by atoms with E-state index >= 15 is 0 Å². The Morgan fingerprint density at radius 2 is 1.52 bits per heavy atom. The number of carbonyl (C=O) groups excluding carboxylic acids is 1. The highest BCUT2D eigenvalue weighted by molar-refractivity contribution is 6.35. The summed E-state index contributed by atoms with van der Waals surface area (Å²) in [4.78, 5) is 15.1. The first-order valence-corrected chi connectivity index (χ1v) is 10.9. The largest absolute Gasteiger partial charge is 0.305 e. The fraction of sp³-hybridized carbons (Fsp3) is 0.208. The van der Waals surface area contributed by atoms with Crippen LogP contribution in [0.15, 0.2) is 60.7 Å². The molecule has 1 amide bonds. The number of rotatable bonds is 7. The average Bonchev–Trinajstić information content (AvgIpc) is 2.68. The highest BCUT2D eigenvalue weighted by Crippen LogP contribution is 2.37. The van der Waals surface area contributed by atoms with Crippen LogP contribution in [-0.4, -0.2) is 5.91 Å². The average molecular weight is 483 g/mol. The van der Waals surface area contributed by atoms with Gasteiger partial charge in [0.15, 0.2) is 0 Å². The molecule has 3 aromatic rings. The molecule has 0 N–H and O–H groups in total. The van der Waals surface area contributed by atoms with E-state index in [1.807, 2.05) is 6.92 Å². The van der Waals surface area contributed by atoms with E-state index in [1.54, 1.807) is 47.4 Å². The summed E-state index contributed by atoms with van der Waals surface area (Å²) in [6.45, 7) is 2.00. The van der Waals surface area contributed by atoms with Gasteiger partial charge in [-0.1, -0.05) is 54.2 Å². The molecule has 0 fully saturated rings. The summed E-state index contributed by atoms with van der Waals surface area (Å²) in [6.07, 6.45) is 1.21. The quantitative estimate of drug-likeness (QED) is 0.334. The first kappa shape index (κ1) is 23.5. The molecule has 0 aromatic heterocycles. The van der Waals surface area contributed by atoms with Crippen LogP contribution in [-0.2, 0) is 11.2 Å². The van der Waals surface area contributed by atoms with Gasteiger partial charge in [0.1, 0.15) is 11.6 Å². The van der Waals surface area contributed by atoms with Gasteiger partial charge in [0, 0.05) is 26.8 Å². The zero-order valence-corrected chi connectivity index (χ0v) is 19.0. The third kappa shape index (κ3) is 5.97. The minimum atomic E-state index is -0.730. The van der Waals surface area contributed by atoms with Crippen molar-refractivity contribution < 1.29 is 13.6 Å². The predicted molar refractivity (Wildman–Crippen MR) is 123 cm³/mol. The topological polar surface area (TPSA) is 20.3 Å². The van der Waals surface area contributed by atoms with Crippen molar-refractivity contribution >= 4 is 46.4 Å². The van der Waals surface area contributed by atoms with E-state index in [0.29, 0.717) is 27.2 Å². The van der Waals surface area contributed by atoms with Crippen molar-refractivity contribution in [1.29, 1.82) is 0 Å². The minimum absolute atomic E-state index is 0.178. The van der Waals surface area contributed by atoms with E-state index in [2.05, 4.69) is 0 Å². The third-order valence-corrected chi connectivity index (χ3v) is 5.66. The zero-order valence-electron chi connectivity index (χ0n) is 16.7. The molecule has 0 radical (unpaired) electrons. The third-order valence-electron chi connectivity index (χ3n) is 4.85. The van der Waals surface area contributed by atoms with Crippen LogP contribution in [0.3, 0.4) is 0 Å². The van der Waals surface area contributed by atoms with Crippen molar-refractivity contribution in [1.82, 2.24) is 0 Å². The van der Waals surface area contributed by atoms with Crippen LogP contribution in [0.1, 0.15) is 36.9 Å². The highest BCUT2D eigenvalue weighted by Gasteiger charge is 2.28. The second kappa shape index (κ2) is 10.4. The van der Waals surface area contributed by atoms with E-state index < -0.39 is 17.7 Å².